The number of piperidine rings is 1. The van der Waals surface area contributed by atoms with E-state index in [1.165, 1.54) is 8.61 Å². The average Bonchev–Trinajstić information content (AvgIpc) is 3.37. The van der Waals surface area contributed by atoms with Gasteiger partial charge in [0.1, 0.15) is 17.5 Å². The van der Waals surface area contributed by atoms with Crippen LogP contribution in [0.15, 0.2) is 0 Å². The SMILES string of the molecule is CCOC(=O)c1n[nH]c(C2CCN(S(=O)(=O)N3CCC[C@H]3C(=O)OC(C)(C)C)CC2)n1. The number of carbonyl (C=O) groups excluding carboxylic acids is 2. The zero-order valence-electron chi connectivity index (χ0n) is 18.5. The molecule has 1 aromatic rings. The number of aromatic amines is 1. The molecular weight excluding hydrogens is 426 g/mol. The highest BCUT2D eigenvalue weighted by Gasteiger charge is 2.44. The number of ether oxygens (including phenoxy) is 2. The van der Waals surface area contributed by atoms with E-state index in [2.05, 4.69) is 15.2 Å². The Bertz CT molecular complexity index is 901. The summed E-state index contributed by atoms with van der Waals surface area (Å²) < 4.78 is 39.5. The molecule has 174 valence electrons. The van der Waals surface area contributed by atoms with Gasteiger partial charge in [0.15, 0.2) is 0 Å². The molecule has 0 aliphatic carbocycles. The van der Waals surface area contributed by atoms with Gasteiger partial charge in [-0.15, -0.1) is 5.10 Å². The molecule has 12 heteroatoms. The Hall–Kier alpha value is -2.05. The molecule has 1 N–H and O–H groups in total. The van der Waals surface area contributed by atoms with Crippen LogP contribution in [0.1, 0.15) is 75.7 Å². The van der Waals surface area contributed by atoms with Gasteiger partial charge in [-0.1, -0.05) is 0 Å². The van der Waals surface area contributed by atoms with Gasteiger partial charge in [0, 0.05) is 25.6 Å². The van der Waals surface area contributed by atoms with E-state index in [4.69, 9.17) is 9.47 Å². The molecule has 3 rings (SSSR count). The second-order valence-corrected chi connectivity index (χ2v) is 10.6. The van der Waals surface area contributed by atoms with E-state index in [9.17, 15) is 18.0 Å². The summed E-state index contributed by atoms with van der Waals surface area (Å²) in [6.45, 7) is 8.12. The van der Waals surface area contributed by atoms with Crippen molar-refractivity contribution in [1.82, 2.24) is 23.8 Å². The van der Waals surface area contributed by atoms with Gasteiger partial charge in [-0.05, 0) is 53.4 Å². The first-order chi connectivity index (χ1) is 14.5. The third kappa shape index (κ3) is 5.42. The zero-order valence-corrected chi connectivity index (χ0v) is 19.3. The minimum Gasteiger partial charge on any atom is -0.460 e. The van der Waals surface area contributed by atoms with E-state index in [0.29, 0.717) is 51.1 Å². The Balaban J connectivity index is 1.63. The minimum atomic E-state index is -3.79. The van der Waals surface area contributed by atoms with Crippen LogP contribution in [0, 0.1) is 0 Å². The first-order valence-corrected chi connectivity index (χ1v) is 12.0. The summed E-state index contributed by atoms with van der Waals surface area (Å²) >= 11 is 0. The summed E-state index contributed by atoms with van der Waals surface area (Å²) in [5, 5.41) is 6.66. The molecule has 2 fully saturated rings. The van der Waals surface area contributed by atoms with E-state index in [1.807, 2.05) is 0 Å². The number of hydrogen-bond donors (Lipinski definition) is 1. The normalized spacial score (nSPS) is 21.9. The highest BCUT2D eigenvalue weighted by Crippen LogP contribution is 2.31. The van der Waals surface area contributed by atoms with Gasteiger partial charge < -0.3 is 9.47 Å². The molecule has 2 aliphatic rings. The molecule has 2 aliphatic heterocycles. The molecule has 31 heavy (non-hydrogen) atoms. The first-order valence-electron chi connectivity index (χ1n) is 10.6. The Kier molecular flexibility index (Phi) is 7.01. The van der Waals surface area contributed by atoms with Gasteiger partial charge in [0.25, 0.3) is 16.0 Å². The standard InChI is InChI=1S/C19H31N5O6S/c1-5-29-18(26)16-20-15(21-22-16)13-8-11-23(12-9-13)31(27,28)24-10-6-7-14(24)17(25)30-19(2,3)4/h13-14H,5-12H2,1-4H3,(H,20,21,22)/t14-/m0/s1. The summed E-state index contributed by atoms with van der Waals surface area (Å²) in [5.41, 5.74) is -0.674. The first kappa shape index (κ1) is 23.6. The van der Waals surface area contributed by atoms with Crippen molar-refractivity contribution in [2.45, 2.75) is 70.9 Å². The monoisotopic (exact) mass is 457 g/mol. The summed E-state index contributed by atoms with van der Waals surface area (Å²) in [4.78, 5) is 28.5. The number of aromatic nitrogens is 3. The van der Waals surface area contributed by atoms with Crippen LogP contribution in [0.5, 0.6) is 0 Å². The van der Waals surface area contributed by atoms with Gasteiger partial charge in [-0.2, -0.15) is 17.0 Å². The Morgan fingerprint density at radius 2 is 1.84 bits per heavy atom. The third-order valence-corrected chi connectivity index (χ3v) is 7.35. The summed E-state index contributed by atoms with van der Waals surface area (Å²) in [6.07, 6.45) is 2.14. The van der Waals surface area contributed by atoms with Crippen molar-refractivity contribution in [3.05, 3.63) is 11.6 Å². The number of nitrogens with zero attached hydrogens (tertiary/aromatic N) is 4. The number of esters is 2. The van der Waals surface area contributed by atoms with Crippen molar-refractivity contribution in [2.75, 3.05) is 26.2 Å². The van der Waals surface area contributed by atoms with E-state index in [0.717, 1.165) is 0 Å². The van der Waals surface area contributed by atoms with Crippen molar-refractivity contribution in [2.24, 2.45) is 0 Å². The lowest BCUT2D eigenvalue weighted by molar-refractivity contribution is -0.158. The molecule has 1 aromatic heterocycles. The van der Waals surface area contributed by atoms with Gasteiger partial charge in [-0.3, -0.25) is 9.89 Å². The topological polar surface area (TPSA) is 135 Å². The predicted octanol–water partition coefficient (Wildman–Crippen LogP) is 1.21. The summed E-state index contributed by atoms with van der Waals surface area (Å²) in [7, 11) is -3.79. The van der Waals surface area contributed by atoms with Crippen molar-refractivity contribution >= 4 is 22.1 Å². The van der Waals surface area contributed by atoms with Crippen LogP contribution in [-0.4, -0.2) is 82.0 Å². The number of nitrogens with one attached hydrogen (secondary N) is 1. The van der Waals surface area contributed by atoms with Crippen LogP contribution < -0.4 is 0 Å². The van der Waals surface area contributed by atoms with E-state index < -0.39 is 33.8 Å². The van der Waals surface area contributed by atoms with Gasteiger partial charge in [-0.25, -0.2) is 9.78 Å². The van der Waals surface area contributed by atoms with Crippen molar-refractivity contribution in [3.8, 4) is 0 Å². The minimum absolute atomic E-state index is 0.0239. The van der Waals surface area contributed by atoms with Crippen molar-refractivity contribution in [1.29, 1.82) is 0 Å². The number of rotatable bonds is 6. The lowest BCUT2D eigenvalue weighted by atomic mass is 9.98. The molecule has 3 heterocycles. The fourth-order valence-electron chi connectivity index (χ4n) is 3.87. The largest absolute Gasteiger partial charge is 0.460 e. The Morgan fingerprint density at radius 3 is 2.45 bits per heavy atom. The molecule has 0 radical (unpaired) electrons. The molecule has 1 atom stereocenters. The quantitative estimate of drug-likeness (QED) is 0.630. The molecule has 0 spiro atoms. The van der Waals surface area contributed by atoms with Crippen LogP contribution in [0.25, 0.3) is 0 Å². The Morgan fingerprint density at radius 1 is 1.16 bits per heavy atom. The predicted molar refractivity (Wildman–Crippen MR) is 110 cm³/mol. The van der Waals surface area contributed by atoms with Crippen LogP contribution >= 0.6 is 0 Å². The third-order valence-electron chi connectivity index (χ3n) is 5.31. The maximum absolute atomic E-state index is 13.2. The van der Waals surface area contributed by atoms with Crippen LogP contribution in [0.4, 0.5) is 0 Å². The second-order valence-electron chi connectivity index (χ2n) is 8.75. The highest BCUT2D eigenvalue weighted by atomic mass is 32.2. The average molecular weight is 458 g/mol. The van der Waals surface area contributed by atoms with Crippen LogP contribution in [0.2, 0.25) is 0 Å². The lowest BCUT2D eigenvalue weighted by Gasteiger charge is -2.35. The van der Waals surface area contributed by atoms with Crippen LogP contribution in [-0.2, 0) is 24.5 Å². The van der Waals surface area contributed by atoms with Gasteiger partial charge in [0.05, 0.1) is 6.61 Å². The van der Waals surface area contributed by atoms with Gasteiger partial charge >= 0.3 is 11.9 Å². The molecule has 0 saturated carbocycles. The number of H-pyrrole nitrogens is 1. The molecule has 11 nitrogen and oxygen atoms in total. The Labute approximate surface area is 182 Å². The summed E-state index contributed by atoms with van der Waals surface area (Å²) in [6, 6.07) is -0.789. The van der Waals surface area contributed by atoms with Crippen molar-refractivity contribution < 1.29 is 27.5 Å². The van der Waals surface area contributed by atoms with E-state index in [-0.39, 0.29) is 18.3 Å². The summed E-state index contributed by atoms with van der Waals surface area (Å²) in [5.74, 6) is -0.608. The van der Waals surface area contributed by atoms with E-state index in [1.54, 1.807) is 27.7 Å². The fraction of sp³-hybridized carbons (Fsp3) is 0.789. The fourth-order valence-corrected chi connectivity index (χ4v) is 5.72. The van der Waals surface area contributed by atoms with Crippen LogP contribution in [0.3, 0.4) is 0 Å². The maximum Gasteiger partial charge on any atom is 0.378 e. The molecular formula is C19H31N5O6S. The zero-order chi connectivity index (χ0) is 22.8. The molecule has 0 aromatic carbocycles. The highest BCUT2D eigenvalue weighted by molar-refractivity contribution is 7.86. The van der Waals surface area contributed by atoms with Crippen molar-refractivity contribution in [3.63, 3.8) is 0 Å². The maximum atomic E-state index is 13.2. The van der Waals surface area contributed by atoms with Gasteiger partial charge in [0.2, 0.25) is 0 Å². The molecule has 0 amide bonds. The number of hydrogen-bond acceptors (Lipinski definition) is 8. The molecule has 0 unspecified atom stereocenters. The lowest BCUT2D eigenvalue weighted by Crippen LogP contribution is -2.51. The smallest absolute Gasteiger partial charge is 0.378 e. The van der Waals surface area contributed by atoms with E-state index >= 15 is 0 Å². The second kappa shape index (κ2) is 9.21. The molecule has 2 saturated heterocycles. The molecule has 0 bridgehead atoms. The number of carbonyl (C=O) groups is 2.